The molecule has 270 valence electrons. The first-order chi connectivity index (χ1) is 24.9. The second-order valence-corrected chi connectivity index (χ2v) is 12.2. The van der Waals surface area contributed by atoms with Crippen LogP contribution in [-0.4, -0.2) is 54.7 Å². The van der Waals surface area contributed by atoms with Crippen molar-refractivity contribution in [2.75, 3.05) is 54.1 Å². The molecule has 0 fully saturated rings. The molecular formula is C41H48N2O8. The smallest absolute Gasteiger partial charge is 0.255 e. The summed E-state index contributed by atoms with van der Waals surface area (Å²) in [5.41, 5.74) is 5.28. The normalized spacial score (nSPS) is 13.5. The van der Waals surface area contributed by atoms with Crippen molar-refractivity contribution >= 4 is 23.7 Å². The van der Waals surface area contributed by atoms with Crippen LogP contribution in [0.5, 0.6) is 40.2 Å². The van der Waals surface area contributed by atoms with E-state index in [1.807, 2.05) is 85.8 Å². The predicted molar refractivity (Wildman–Crippen MR) is 200 cm³/mol. The highest BCUT2D eigenvalue weighted by Gasteiger charge is 2.25. The molecule has 51 heavy (non-hydrogen) atoms. The van der Waals surface area contributed by atoms with Crippen LogP contribution in [0.25, 0.3) is 12.2 Å². The highest BCUT2D eigenvalue weighted by Crippen LogP contribution is 2.39. The molecule has 2 N–H and O–H groups in total. The molecule has 1 aliphatic rings. The molecule has 1 unspecified atom stereocenters. The summed E-state index contributed by atoms with van der Waals surface area (Å²) in [7, 11) is 8.06. The molecule has 5 rings (SSSR count). The van der Waals surface area contributed by atoms with Gasteiger partial charge in [-0.3, -0.25) is 4.79 Å². The summed E-state index contributed by atoms with van der Waals surface area (Å²) in [4.78, 5) is 12.7. The standard InChI is InChI=1S/C41H48N2O8/c1-27-12-17-32-31(22-27)41(44)43-40(42-32)30-16-19-34(35(26-30)46-3)50-20-10-8-7-9-11-21-51-36-23-28(15-18-33(36)45-2)13-14-29-24-37(47-4)39(49-6)38(25-29)48-5/h12-19,22-26,40,42H,7-11,20-21H2,1-6H3,(H,43,44)/b14-13+. The molecule has 0 saturated heterocycles. The lowest BCUT2D eigenvalue weighted by Gasteiger charge is -2.28. The Labute approximate surface area is 300 Å². The van der Waals surface area contributed by atoms with Crippen molar-refractivity contribution in [2.45, 2.75) is 45.2 Å². The van der Waals surface area contributed by atoms with E-state index in [1.165, 1.54) is 0 Å². The third kappa shape index (κ3) is 9.39. The number of methoxy groups -OCH3 is 5. The van der Waals surface area contributed by atoms with E-state index < -0.39 is 0 Å². The van der Waals surface area contributed by atoms with Crippen molar-refractivity contribution in [3.05, 3.63) is 94.5 Å². The number of benzene rings is 4. The van der Waals surface area contributed by atoms with E-state index in [2.05, 4.69) is 10.6 Å². The van der Waals surface area contributed by atoms with Gasteiger partial charge < -0.3 is 43.8 Å². The van der Waals surface area contributed by atoms with E-state index in [9.17, 15) is 4.79 Å². The van der Waals surface area contributed by atoms with Crippen LogP contribution < -0.4 is 43.8 Å². The van der Waals surface area contributed by atoms with Gasteiger partial charge in [-0.05, 0) is 85.0 Å². The summed E-state index contributed by atoms with van der Waals surface area (Å²) in [5.74, 6) is 4.37. The zero-order chi connectivity index (χ0) is 36.2. The van der Waals surface area contributed by atoms with Crippen molar-refractivity contribution in [1.29, 1.82) is 0 Å². The predicted octanol–water partition coefficient (Wildman–Crippen LogP) is 8.47. The number of nitrogens with one attached hydrogen (secondary N) is 2. The number of unbranched alkanes of at least 4 members (excludes halogenated alkanes) is 4. The van der Waals surface area contributed by atoms with E-state index >= 15 is 0 Å². The third-order valence-corrected chi connectivity index (χ3v) is 8.66. The van der Waals surface area contributed by atoms with Gasteiger partial charge in [-0.25, -0.2) is 0 Å². The summed E-state index contributed by atoms with van der Waals surface area (Å²) < 4.78 is 39.8. The molecule has 1 aliphatic heterocycles. The fraction of sp³-hybridized carbons (Fsp3) is 0.341. The van der Waals surface area contributed by atoms with Crippen molar-refractivity contribution in [3.63, 3.8) is 0 Å². The lowest BCUT2D eigenvalue weighted by Crippen LogP contribution is -2.38. The van der Waals surface area contributed by atoms with Crippen LogP contribution in [0.15, 0.2) is 66.7 Å². The first kappa shape index (κ1) is 36.8. The number of rotatable bonds is 18. The minimum atomic E-state index is -0.359. The Hall–Kier alpha value is -5.51. The summed E-state index contributed by atoms with van der Waals surface area (Å²) >= 11 is 0. The van der Waals surface area contributed by atoms with Crippen LogP contribution in [-0.2, 0) is 0 Å². The van der Waals surface area contributed by atoms with E-state index in [1.54, 1.807) is 35.5 Å². The molecule has 4 aromatic rings. The highest BCUT2D eigenvalue weighted by atomic mass is 16.5. The Morgan fingerprint density at radius 3 is 1.84 bits per heavy atom. The Balaban J connectivity index is 1.04. The average Bonchev–Trinajstić information content (AvgIpc) is 3.16. The molecule has 4 aromatic carbocycles. The van der Waals surface area contributed by atoms with Crippen LogP contribution in [0.4, 0.5) is 5.69 Å². The molecule has 0 bridgehead atoms. The maximum Gasteiger partial charge on any atom is 0.255 e. The number of carbonyl (C=O) groups excluding carboxylic acids is 1. The Kier molecular flexibility index (Phi) is 12.9. The molecule has 0 radical (unpaired) electrons. The molecule has 10 nitrogen and oxygen atoms in total. The highest BCUT2D eigenvalue weighted by molar-refractivity contribution is 6.01. The summed E-state index contributed by atoms with van der Waals surface area (Å²) in [5, 5.41) is 6.43. The third-order valence-electron chi connectivity index (χ3n) is 8.66. The van der Waals surface area contributed by atoms with E-state index in [-0.39, 0.29) is 12.1 Å². The number of anilines is 1. The van der Waals surface area contributed by atoms with E-state index in [0.29, 0.717) is 59.0 Å². The fourth-order valence-corrected chi connectivity index (χ4v) is 5.92. The molecule has 1 atom stereocenters. The molecule has 0 aromatic heterocycles. The van der Waals surface area contributed by atoms with E-state index in [0.717, 1.165) is 60.0 Å². The Bertz CT molecular complexity index is 1800. The molecule has 0 saturated carbocycles. The first-order valence-electron chi connectivity index (χ1n) is 17.1. The quantitative estimate of drug-likeness (QED) is 0.0783. The zero-order valence-electron chi connectivity index (χ0n) is 30.3. The van der Waals surface area contributed by atoms with Gasteiger partial charge in [0.2, 0.25) is 5.75 Å². The molecule has 1 heterocycles. The second-order valence-electron chi connectivity index (χ2n) is 12.2. The molecule has 0 aliphatic carbocycles. The Morgan fingerprint density at radius 2 is 1.18 bits per heavy atom. The molecular weight excluding hydrogens is 648 g/mol. The lowest BCUT2D eigenvalue weighted by atomic mass is 10.0. The van der Waals surface area contributed by atoms with Crippen LogP contribution >= 0.6 is 0 Å². The van der Waals surface area contributed by atoms with Gasteiger partial charge in [0.25, 0.3) is 5.91 Å². The molecule has 1 amide bonds. The van der Waals surface area contributed by atoms with E-state index in [4.69, 9.17) is 33.2 Å². The minimum absolute atomic E-state index is 0.102. The van der Waals surface area contributed by atoms with Crippen molar-refractivity contribution in [1.82, 2.24) is 5.32 Å². The average molecular weight is 697 g/mol. The van der Waals surface area contributed by atoms with Gasteiger partial charge >= 0.3 is 0 Å². The SMILES string of the molecule is COc1cc(C2NC(=O)c3cc(C)ccc3N2)ccc1OCCCCCCCOc1cc(/C=C/c2cc(OC)c(OC)c(OC)c2)ccc1OC. The number of aryl methyl sites for hydroxylation is 1. The lowest BCUT2D eigenvalue weighted by molar-refractivity contribution is 0.0935. The molecule has 0 spiro atoms. The van der Waals surface area contributed by atoms with Crippen LogP contribution in [0, 0.1) is 6.92 Å². The van der Waals surface area contributed by atoms with Crippen LogP contribution in [0.1, 0.15) is 70.9 Å². The van der Waals surface area contributed by atoms with Crippen molar-refractivity contribution in [2.24, 2.45) is 0 Å². The number of hydrogen-bond donors (Lipinski definition) is 2. The van der Waals surface area contributed by atoms with Gasteiger partial charge in [0.05, 0.1) is 54.3 Å². The summed E-state index contributed by atoms with van der Waals surface area (Å²) in [6.45, 7) is 3.16. The van der Waals surface area contributed by atoms with Gasteiger partial charge in [0.15, 0.2) is 34.5 Å². The van der Waals surface area contributed by atoms with Crippen molar-refractivity contribution < 1.29 is 38.0 Å². The van der Waals surface area contributed by atoms with Crippen LogP contribution in [0.2, 0.25) is 0 Å². The zero-order valence-corrected chi connectivity index (χ0v) is 30.3. The summed E-state index contributed by atoms with van der Waals surface area (Å²) in [6.07, 6.45) is 8.66. The topological polar surface area (TPSA) is 106 Å². The monoisotopic (exact) mass is 696 g/mol. The van der Waals surface area contributed by atoms with Gasteiger partial charge in [0.1, 0.15) is 6.17 Å². The number of amides is 1. The number of hydrogen-bond acceptors (Lipinski definition) is 9. The number of carbonyl (C=O) groups is 1. The largest absolute Gasteiger partial charge is 0.493 e. The number of ether oxygens (including phenoxy) is 7. The maximum absolute atomic E-state index is 12.7. The molecule has 10 heteroatoms. The number of fused-ring (bicyclic) bond motifs is 1. The fourth-order valence-electron chi connectivity index (χ4n) is 5.92. The second kappa shape index (κ2) is 17.9. The van der Waals surface area contributed by atoms with Gasteiger partial charge in [0, 0.05) is 5.69 Å². The summed E-state index contributed by atoms with van der Waals surface area (Å²) in [6, 6.07) is 21.3. The van der Waals surface area contributed by atoms with Gasteiger partial charge in [-0.1, -0.05) is 55.2 Å². The van der Waals surface area contributed by atoms with Crippen LogP contribution in [0.3, 0.4) is 0 Å². The first-order valence-corrected chi connectivity index (χ1v) is 17.1. The maximum atomic E-state index is 12.7. The Morgan fingerprint density at radius 1 is 0.569 bits per heavy atom. The van der Waals surface area contributed by atoms with Gasteiger partial charge in [-0.15, -0.1) is 0 Å². The van der Waals surface area contributed by atoms with Gasteiger partial charge in [-0.2, -0.15) is 0 Å². The van der Waals surface area contributed by atoms with Crippen molar-refractivity contribution in [3.8, 4) is 40.2 Å². The minimum Gasteiger partial charge on any atom is -0.493 e.